The molecule has 4 heteroatoms. The maximum Gasteiger partial charge on any atom is 0.412 e. The lowest BCUT2D eigenvalue weighted by Crippen LogP contribution is -2.36. The summed E-state index contributed by atoms with van der Waals surface area (Å²) in [5, 5.41) is 2.80. The van der Waals surface area contributed by atoms with Gasteiger partial charge in [0.05, 0.1) is 0 Å². The van der Waals surface area contributed by atoms with Gasteiger partial charge < -0.3 is 15.0 Å². The summed E-state index contributed by atoms with van der Waals surface area (Å²) < 4.78 is 5.41. The molecule has 0 atom stereocenters. The van der Waals surface area contributed by atoms with Gasteiger partial charge in [-0.1, -0.05) is 31.5 Å². The van der Waals surface area contributed by atoms with Crippen molar-refractivity contribution in [2.24, 2.45) is 0 Å². The third kappa shape index (κ3) is 4.85. The standard InChI is InChI=1S/C16H26N2O2/c1-6-18(7-2)9-8-17-16(19)20-15-13(4)10-12(3)11-14(15)5/h10-11H,6-9H2,1-5H3,(H,17,19). The quantitative estimate of drug-likeness (QED) is 0.869. The molecule has 1 rings (SSSR count). The summed E-state index contributed by atoms with van der Waals surface area (Å²) in [4.78, 5) is 14.1. The van der Waals surface area contributed by atoms with Gasteiger partial charge in [-0.2, -0.15) is 0 Å². The second-order valence-corrected chi connectivity index (χ2v) is 5.07. The van der Waals surface area contributed by atoms with Crippen LogP contribution in [0.3, 0.4) is 0 Å². The van der Waals surface area contributed by atoms with Crippen molar-refractivity contribution in [3.8, 4) is 5.75 Å². The van der Waals surface area contributed by atoms with E-state index in [0.717, 1.165) is 30.8 Å². The minimum atomic E-state index is -0.382. The Labute approximate surface area is 122 Å². The number of likely N-dealkylation sites (N-methyl/N-ethyl adjacent to an activating group) is 1. The largest absolute Gasteiger partial charge is 0.412 e. The first-order valence-electron chi connectivity index (χ1n) is 7.23. The van der Waals surface area contributed by atoms with E-state index in [9.17, 15) is 4.79 Å². The Morgan fingerprint density at radius 2 is 1.70 bits per heavy atom. The van der Waals surface area contributed by atoms with Gasteiger partial charge in [-0.15, -0.1) is 0 Å². The third-order valence-corrected chi connectivity index (χ3v) is 3.39. The first-order chi connectivity index (χ1) is 9.47. The molecule has 0 radical (unpaired) electrons. The molecule has 0 aliphatic heterocycles. The van der Waals surface area contributed by atoms with Crippen molar-refractivity contribution in [1.82, 2.24) is 10.2 Å². The third-order valence-electron chi connectivity index (χ3n) is 3.39. The van der Waals surface area contributed by atoms with Crippen molar-refractivity contribution in [2.45, 2.75) is 34.6 Å². The van der Waals surface area contributed by atoms with E-state index in [1.165, 1.54) is 5.56 Å². The van der Waals surface area contributed by atoms with Crippen molar-refractivity contribution < 1.29 is 9.53 Å². The molecule has 0 unspecified atom stereocenters. The fourth-order valence-corrected chi connectivity index (χ4v) is 2.31. The molecule has 1 aromatic rings. The highest BCUT2D eigenvalue weighted by Gasteiger charge is 2.10. The number of ether oxygens (including phenoxy) is 1. The van der Waals surface area contributed by atoms with E-state index in [2.05, 4.69) is 24.1 Å². The summed E-state index contributed by atoms with van der Waals surface area (Å²) in [5.74, 6) is 0.663. The first-order valence-corrected chi connectivity index (χ1v) is 7.23. The van der Waals surface area contributed by atoms with Crippen LogP contribution in [0.15, 0.2) is 12.1 Å². The number of carbonyl (C=O) groups excluding carboxylic acids is 1. The zero-order valence-electron chi connectivity index (χ0n) is 13.2. The van der Waals surface area contributed by atoms with Crippen LogP contribution in [0.5, 0.6) is 5.75 Å². The van der Waals surface area contributed by atoms with Crippen LogP contribution < -0.4 is 10.1 Å². The van der Waals surface area contributed by atoms with Gasteiger partial charge in [-0.25, -0.2) is 4.79 Å². The van der Waals surface area contributed by atoms with Gasteiger partial charge in [0.1, 0.15) is 5.75 Å². The monoisotopic (exact) mass is 278 g/mol. The van der Waals surface area contributed by atoms with Crippen LogP contribution in [0.2, 0.25) is 0 Å². The summed E-state index contributed by atoms with van der Waals surface area (Å²) in [5.41, 5.74) is 3.15. The van der Waals surface area contributed by atoms with E-state index in [-0.39, 0.29) is 6.09 Å². The van der Waals surface area contributed by atoms with Gasteiger partial charge >= 0.3 is 6.09 Å². The van der Waals surface area contributed by atoms with Gasteiger partial charge in [0, 0.05) is 13.1 Å². The minimum Gasteiger partial charge on any atom is -0.410 e. The molecule has 0 saturated heterocycles. The summed E-state index contributed by atoms with van der Waals surface area (Å²) >= 11 is 0. The second-order valence-electron chi connectivity index (χ2n) is 5.07. The molecule has 4 nitrogen and oxygen atoms in total. The molecular weight excluding hydrogens is 252 g/mol. The Morgan fingerprint density at radius 1 is 1.15 bits per heavy atom. The zero-order valence-corrected chi connectivity index (χ0v) is 13.2. The van der Waals surface area contributed by atoms with Crippen molar-refractivity contribution in [1.29, 1.82) is 0 Å². The number of carbonyl (C=O) groups is 1. The lowest BCUT2D eigenvalue weighted by molar-refractivity contribution is 0.197. The molecule has 1 amide bonds. The van der Waals surface area contributed by atoms with E-state index in [1.54, 1.807) is 0 Å². The summed E-state index contributed by atoms with van der Waals surface area (Å²) in [6, 6.07) is 4.04. The molecule has 1 aromatic carbocycles. The Hall–Kier alpha value is -1.55. The summed E-state index contributed by atoms with van der Waals surface area (Å²) in [6.45, 7) is 13.6. The lowest BCUT2D eigenvalue weighted by Gasteiger charge is -2.18. The maximum atomic E-state index is 11.8. The fourth-order valence-electron chi connectivity index (χ4n) is 2.31. The number of nitrogens with one attached hydrogen (secondary N) is 1. The first kappa shape index (κ1) is 16.5. The van der Waals surface area contributed by atoms with Crippen LogP contribution >= 0.6 is 0 Å². The Balaban J connectivity index is 2.51. The molecular formula is C16H26N2O2. The number of amides is 1. The predicted octanol–water partition coefficient (Wildman–Crippen LogP) is 3.04. The van der Waals surface area contributed by atoms with Gasteiger partial charge in [-0.3, -0.25) is 0 Å². The topological polar surface area (TPSA) is 41.6 Å². The summed E-state index contributed by atoms with van der Waals surface area (Å²) in [6.07, 6.45) is -0.382. The number of nitrogens with zero attached hydrogens (tertiary/aromatic N) is 1. The molecule has 0 heterocycles. The van der Waals surface area contributed by atoms with Crippen molar-refractivity contribution in [2.75, 3.05) is 26.2 Å². The molecule has 0 spiro atoms. The van der Waals surface area contributed by atoms with Gasteiger partial charge in [0.15, 0.2) is 0 Å². The second kappa shape index (κ2) is 7.90. The number of aryl methyl sites for hydroxylation is 3. The molecule has 1 N–H and O–H groups in total. The van der Waals surface area contributed by atoms with Crippen LogP contribution in [-0.4, -0.2) is 37.2 Å². The van der Waals surface area contributed by atoms with Crippen LogP contribution in [-0.2, 0) is 0 Å². The predicted molar refractivity (Wildman–Crippen MR) is 82.5 cm³/mol. The van der Waals surface area contributed by atoms with Gasteiger partial charge in [0.2, 0.25) is 0 Å². The van der Waals surface area contributed by atoms with E-state index >= 15 is 0 Å². The van der Waals surface area contributed by atoms with Gasteiger partial charge in [-0.05, 0) is 45.0 Å². The smallest absolute Gasteiger partial charge is 0.410 e. The highest BCUT2D eigenvalue weighted by Crippen LogP contribution is 2.24. The molecule has 0 bridgehead atoms. The molecule has 20 heavy (non-hydrogen) atoms. The minimum absolute atomic E-state index is 0.382. The van der Waals surface area contributed by atoms with Crippen molar-refractivity contribution >= 4 is 6.09 Å². The fraction of sp³-hybridized carbons (Fsp3) is 0.562. The maximum absolute atomic E-state index is 11.8. The van der Waals surface area contributed by atoms with E-state index in [1.807, 2.05) is 32.9 Å². The Bertz CT molecular complexity index is 431. The lowest BCUT2D eigenvalue weighted by atomic mass is 10.1. The number of rotatable bonds is 6. The van der Waals surface area contributed by atoms with E-state index in [4.69, 9.17) is 4.74 Å². The highest BCUT2D eigenvalue weighted by atomic mass is 16.6. The number of hydrogen-bond acceptors (Lipinski definition) is 3. The Morgan fingerprint density at radius 3 is 2.20 bits per heavy atom. The molecule has 0 aliphatic carbocycles. The average Bonchev–Trinajstić information content (AvgIpc) is 2.39. The summed E-state index contributed by atoms with van der Waals surface area (Å²) in [7, 11) is 0. The van der Waals surface area contributed by atoms with Crippen LogP contribution in [0.4, 0.5) is 4.79 Å². The zero-order chi connectivity index (χ0) is 15.1. The molecule has 112 valence electrons. The molecule has 0 aromatic heterocycles. The Kier molecular flexibility index (Phi) is 6.52. The van der Waals surface area contributed by atoms with Crippen LogP contribution in [0, 0.1) is 20.8 Å². The van der Waals surface area contributed by atoms with Crippen molar-refractivity contribution in [3.05, 3.63) is 28.8 Å². The van der Waals surface area contributed by atoms with Crippen LogP contribution in [0.1, 0.15) is 30.5 Å². The van der Waals surface area contributed by atoms with Gasteiger partial charge in [0.25, 0.3) is 0 Å². The van der Waals surface area contributed by atoms with Crippen molar-refractivity contribution in [3.63, 3.8) is 0 Å². The molecule has 0 saturated carbocycles. The normalized spacial score (nSPS) is 10.7. The number of hydrogen-bond donors (Lipinski definition) is 1. The van der Waals surface area contributed by atoms with Crippen LogP contribution in [0.25, 0.3) is 0 Å². The molecule has 0 fully saturated rings. The number of benzene rings is 1. The van der Waals surface area contributed by atoms with E-state index in [0.29, 0.717) is 12.3 Å². The highest BCUT2D eigenvalue weighted by molar-refractivity contribution is 5.71. The van der Waals surface area contributed by atoms with E-state index < -0.39 is 0 Å². The SMILES string of the molecule is CCN(CC)CCNC(=O)Oc1c(C)cc(C)cc1C. The average molecular weight is 278 g/mol. The molecule has 0 aliphatic rings.